The van der Waals surface area contributed by atoms with E-state index in [0.29, 0.717) is 17.8 Å². The predicted molar refractivity (Wildman–Crippen MR) is 69.9 cm³/mol. The number of hydrogen-bond acceptors (Lipinski definition) is 2. The van der Waals surface area contributed by atoms with E-state index in [4.69, 9.17) is 0 Å². The molecule has 2 atom stereocenters. The summed E-state index contributed by atoms with van der Waals surface area (Å²) in [6.07, 6.45) is 5.06. The molecule has 17 heavy (non-hydrogen) atoms. The van der Waals surface area contributed by atoms with Gasteiger partial charge in [0.1, 0.15) is 5.69 Å². The molecule has 1 amide bonds. The van der Waals surface area contributed by atoms with E-state index in [0.717, 1.165) is 17.3 Å². The van der Waals surface area contributed by atoms with E-state index in [1.54, 1.807) is 17.9 Å². The van der Waals surface area contributed by atoms with Crippen molar-refractivity contribution in [3.8, 4) is 0 Å². The van der Waals surface area contributed by atoms with Crippen LogP contribution in [0, 0.1) is 0 Å². The van der Waals surface area contributed by atoms with Crippen LogP contribution in [0.2, 0.25) is 0 Å². The van der Waals surface area contributed by atoms with Crippen LogP contribution in [0.1, 0.15) is 43.6 Å². The maximum absolute atomic E-state index is 12.6. The Morgan fingerprint density at radius 2 is 2.00 bits per heavy atom. The Morgan fingerprint density at radius 1 is 1.41 bits per heavy atom. The molecule has 1 saturated heterocycles. The summed E-state index contributed by atoms with van der Waals surface area (Å²) in [5.41, 5.74) is 0.644. The molecule has 1 aliphatic rings. The van der Waals surface area contributed by atoms with Gasteiger partial charge in [-0.05, 0) is 49.0 Å². The van der Waals surface area contributed by atoms with E-state index >= 15 is 0 Å². The number of halogens is 1. The van der Waals surface area contributed by atoms with Gasteiger partial charge in [0.15, 0.2) is 0 Å². The molecule has 0 radical (unpaired) electrons. The zero-order valence-corrected chi connectivity index (χ0v) is 12.1. The highest BCUT2D eigenvalue weighted by molar-refractivity contribution is 9.10. The summed E-state index contributed by atoms with van der Waals surface area (Å²) in [7, 11) is 1.80. The summed E-state index contributed by atoms with van der Waals surface area (Å²) in [5.74, 6) is 0.0802. The van der Waals surface area contributed by atoms with E-state index in [1.807, 2.05) is 4.90 Å². The summed E-state index contributed by atoms with van der Waals surface area (Å²) in [4.78, 5) is 14.5. The molecule has 0 N–H and O–H groups in total. The van der Waals surface area contributed by atoms with Gasteiger partial charge in [-0.15, -0.1) is 0 Å². The Kier molecular flexibility index (Phi) is 3.56. The second-order valence-corrected chi connectivity index (χ2v) is 5.66. The van der Waals surface area contributed by atoms with Crippen LogP contribution in [0.5, 0.6) is 0 Å². The number of piperidine rings is 1. The van der Waals surface area contributed by atoms with Gasteiger partial charge in [0, 0.05) is 19.1 Å². The first kappa shape index (κ1) is 12.6. The molecule has 2 heterocycles. The highest BCUT2D eigenvalue weighted by Gasteiger charge is 2.32. The quantitative estimate of drug-likeness (QED) is 0.799. The fourth-order valence-electron chi connectivity index (χ4n) is 2.60. The van der Waals surface area contributed by atoms with Crippen molar-refractivity contribution in [1.82, 2.24) is 14.7 Å². The minimum absolute atomic E-state index is 0.0802. The Labute approximate surface area is 110 Å². The van der Waals surface area contributed by atoms with Crippen molar-refractivity contribution in [3.63, 3.8) is 0 Å². The number of carbonyl (C=O) groups is 1. The number of nitrogens with zero attached hydrogens (tertiary/aromatic N) is 3. The van der Waals surface area contributed by atoms with Gasteiger partial charge in [-0.3, -0.25) is 9.48 Å². The number of aromatic nitrogens is 2. The Bertz CT molecular complexity index is 400. The average molecular weight is 300 g/mol. The molecule has 1 fully saturated rings. The van der Waals surface area contributed by atoms with Gasteiger partial charge in [0.05, 0.1) is 10.7 Å². The van der Waals surface area contributed by atoms with Gasteiger partial charge in [-0.25, -0.2) is 0 Å². The average Bonchev–Trinajstić information content (AvgIpc) is 2.58. The molecule has 4 nitrogen and oxygen atoms in total. The molecule has 94 valence electrons. The molecule has 0 unspecified atom stereocenters. The summed E-state index contributed by atoms with van der Waals surface area (Å²) in [6.45, 7) is 4.25. The van der Waals surface area contributed by atoms with Crippen molar-refractivity contribution in [1.29, 1.82) is 0 Å². The number of hydrogen-bond donors (Lipinski definition) is 0. The lowest BCUT2D eigenvalue weighted by atomic mass is 9.97. The molecule has 0 spiro atoms. The van der Waals surface area contributed by atoms with Crippen LogP contribution in [0.4, 0.5) is 0 Å². The van der Waals surface area contributed by atoms with Gasteiger partial charge in [-0.2, -0.15) is 5.10 Å². The molecular formula is C12H18BrN3O. The van der Waals surface area contributed by atoms with E-state index in [-0.39, 0.29) is 5.91 Å². The third-order valence-electron chi connectivity index (χ3n) is 3.52. The topological polar surface area (TPSA) is 38.1 Å². The van der Waals surface area contributed by atoms with Crippen LogP contribution in [-0.2, 0) is 7.05 Å². The maximum atomic E-state index is 12.6. The van der Waals surface area contributed by atoms with Crippen LogP contribution in [-0.4, -0.2) is 32.7 Å². The van der Waals surface area contributed by atoms with E-state index in [9.17, 15) is 4.79 Å². The largest absolute Gasteiger partial charge is 0.332 e. The first-order valence-corrected chi connectivity index (χ1v) is 6.82. The highest BCUT2D eigenvalue weighted by atomic mass is 79.9. The summed E-state index contributed by atoms with van der Waals surface area (Å²) in [6, 6.07) is 0.626. The van der Waals surface area contributed by atoms with Crippen LogP contribution >= 0.6 is 15.9 Å². The third-order valence-corrected chi connectivity index (χ3v) is 4.11. The van der Waals surface area contributed by atoms with Crippen molar-refractivity contribution < 1.29 is 4.79 Å². The highest BCUT2D eigenvalue weighted by Crippen LogP contribution is 2.26. The Morgan fingerprint density at radius 3 is 2.47 bits per heavy atom. The molecule has 0 saturated carbocycles. The summed E-state index contributed by atoms with van der Waals surface area (Å²) >= 11 is 3.39. The normalized spacial score (nSPS) is 25.1. The minimum Gasteiger partial charge on any atom is -0.332 e. The van der Waals surface area contributed by atoms with Crippen LogP contribution in [0.3, 0.4) is 0 Å². The molecule has 1 aliphatic heterocycles. The molecule has 0 bridgehead atoms. The number of aryl methyl sites for hydroxylation is 1. The lowest BCUT2D eigenvalue weighted by molar-refractivity contribution is 0.0498. The lowest BCUT2D eigenvalue weighted by Gasteiger charge is -2.39. The van der Waals surface area contributed by atoms with Crippen molar-refractivity contribution >= 4 is 21.8 Å². The molecule has 5 heteroatoms. The summed E-state index contributed by atoms with van der Waals surface area (Å²) in [5, 5.41) is 4.10. The summed E-state index contributed by atoms with van der Waals surface area (Å²) < 4.78 is 2.41. The lowest BCUT2D eigenvalue weighted by Crippen LogP contribution is -2.48. The SMILES string of the molecule is C[C@@H]1CCC[C@@H](C)N1C(=O)c1c(Br)cnn1C. The van der Waals surface area contributed by atoms with Crippen molar-refractivity contribution in [2.75, 3.05) is 0 Å². The zero-order chi connectivity index (χ0) is 12.6. The van der Waals surface area contributed by atoms with Crippen LogP contribution in [0.25, 0.3) is 0 Å². The van der Waals surface area contributed by atoms with Crippen LogP contribution < -0.4 is 0 Å². The smallest absolute Gasteiger partial charge is 0.273 e. The van der Waals surface area contributed by atoms with E-state index in [2.05, 4.69) is 34.9 Å². The number of rotatable bonds is 1. The molecule has 1 aromatic heterocycles. The van der Waals surface area contributed by atoms with Gasteiger partial charge in [0.25, 0.3) is 5.91 Å². The second-order valence-electron chi connectivity index (χ2n) is 4.81. The van der Waals surface area contributed by atoms with Gasteiger partial charge in [0.2, 0.25) is 0 Å². The van der Waals surface area contributed by atoms with Gasteiger partial charge in [-0.1, -0.05) is 0 Å². The third kappa shape index (κ3) is 2.25. The fourth-order valence-corrected chi connectivity index (χ4v) is 3.11. The monoisotopic (exact) mass is 299 g/mol. The van der Waals surface area contributed by atoms with E-state index in [1.165, 1.54) is 6.42 Å². The maximum Gasteiger partial charge on any atom is 0.273 e. The first-order valence-electron chi connectivity index (χ1n) is 6.02. The van der Waals surface area contributed by atoms with E-state index < -0.39 is 0 Å². The fraction of sp³-hybridized carbons (Fsp3) is 0.667. The predicted octanol–water partition coefficient (Wildman–Crippen LogP) is 2.59. The zero-order valence-electron chi connectivity index (χ0n) is 10.5. The number of amides is 1. The van der Waals surface area contributed by atoms with Gasteiger partial charge < -0.3 is 4.90 Å². The molecule has 0 aliphatic carbocycles. The van der Waals surface area contributed by atoms with Crippen molar-refractivity contribution in [3.05, 3.63) is 16.4 Å². The van der Waals surface area contributed by atoms with Gasteiger partial charge >= 0.3 is 0 Å². The van der Waals surface area contributed by atoms with Crippen molar-refractivity contribution in [2.45, 2.75) is 45.2 Å². The molecular weight excluding hydrogens is 282 g/mol. The minimum atomic E-state index is 0.0802. The van der Waals surface area contributed by atoms with Crippen LogP contribution in [0.15, 0.2) is 10.7 Å². The Balaban J connectivity index is 2.30. The molecule has 1 aromatic rings. The second kappa shape index (κ2) is 4.80. The van der Waals surface area contributed by atoms with Crippen molar-refractivity contribution in [2.24, 2.45) is 7.05 Å². The standard InChI is InChI=1S/C12H18BrN3O/c1-8-5-4-6-9(2)16(8)12(17)11-10(13)7-14-15(11)3/h7-9H,4-6H2,1-3H3/t8-,9-/m1/s1. The molecule has 0 aromatic carbocycles. The first-order chi connectivity index (χ1) is 8.02. The number of likely N-dealkylation sites (tertiary alicyclic amines) is 1. The number of carbonyl (C=O) groups excluding carboxylic acids is 1. The molecule has 2 rings (SSSR count). The Hall–Kier alpha value is -0.840.